The summed E-state index contributed by atoms with van der Waals surface area (Å²) in [4.78, 5) is 21.6. The molecule has 0 aromatic rings. The van der Waals surface area contributed by atoms with Crippen molar-refractivity contribution in [3.8, 4) is 0 Å². The van der Waals surface area contributed by atoms with E-state index >= 15 is 0 Å². The van der Waals surface area contributed by atoms with Gasteiger partial charge in [-0.1, -0.05) is 6.08 Å². The van der Waals surface area contributed by atoms with Gasteiger partial charge >= 0.3 is 5.97 Å². The molecule has 0 aromatic heterocycles. The second-order valence-electron chi connectivity index (χ2n) is 2.50. The fourth-order valence-electron chi connectivity index (χ4n) is 0.728. The molecule has 74 valence electrons. The lowest BCUT2D eigenvalue weighted by Gasteiger charge is -2.02. The molecule has 0 radical (unpaired) electrons. The number of esters is 1. The first kappa shape index (κ1) is 11.7. The van der Waals surface area contributed by atoms with E-state index in [1.165, 1.54) is 7.11 Å². The first-order chi connectivity index (χ1) is 6.20. The highest BCUT2D eigenvalue weighted by Gasteiger charge is 2.02. The minimum absolute atomic E-state index is 0.0659. The normalized spacial score (nSPS) is 9.00. The number of ether oxygens (including phenoxy) is 1. The Morgan fingerprint density at radius 1 is 1.46 bits per heavy atom. The van der Waals surface area contributed by atoms with Crippen molar-refractivity contribution in [2.24, 2.45) is 0 Å². The van der Waals surface area contributed by atoms with Crippen molar-refractivity contribution < 1.29 is 14.3 Å². The zero-order valence-electron chi connectivity index (χ0n) is 7.84. The first-order valence-electron chi connectivity index (χ1n) is 4.15. The minimum Gasteiger partial charge on any atom is -0.469 e. The SMILES string of the molecule is C=CCCC(=O)NCCC(=O)OC. The third-order valence-electron chi connectivity index (χ3n) is 1.45. The number of allylic oxidation sites excluding steroid dienone is 1. The summed E-state index contributed by atoms with van der Waals surface area (Å²) in [6, 6.07) is 0. The molecule has 1 amide bonds. The second kappa shape index (κ2) is 7.34. The fourth-order valence-corrected chi connectivity index (χ4v) is 0.728. The van der Waals surface area contributed by atoms with Crippen LogP contribution >= 0.6 is 0 Å². The summed E-state index contributed by atoms with van der Waals surface area (Å²) in [5.74, 6) is -0.382. The standard InChI is InChI=1S/C9H15NO3/c1-3-4-5-8(11)10-7-6-9(12)13-2/h3H,1,4-7H2,2H3,(H,10,11). The van der Waals surface area contributed by atoms with Crippen LogP contribution in [-0.2, 0) is 14.3 Å². The molecule has 0 aromatic carbocycles. The number of hydrogen-bond donors (Lipinski definition) is 1. The Hall–Kier alpha value is -1.32. The van der Waals surface area contributed by atoms with Gasteiger partial charge in [0.15, 0.2) is 0 Å². The van der Waals surface area contributed by atoms with Crippen LogP contribution in [0, 0.1) is 0 Å². The van der Waals surface area contributed by atoms with E-state index in [0.29, 0.717) is 19.4 Å². The summed E-state index contributed by atoms with van der Waals surface area (Å²) in [6.45, 7) is 3.84. The van der Waals surface area contributed by atoms with E-state index in [1.54, 1.807) is 6.08 Å². The van der Waals surface area contributed by atoms with Crippen LogP contribution in [0.5, 0.6) is 0 Å². The van der Waals surface area contributed by atoms with E-state index < -0.39 is 0 Å². The monoisotopic (exact) mass is 185 g/mol. The molecule has 0 unspecified atom stereocenters. The third kappa shape index (κ3) is 7.05. The van der Waals surface area contributed by atoms with Gasteiger partial charge in [0.2, 0.25) is 5.91 Å². The topological polar surface area (TPSA) is 55.4 Å². The summed E-state index contributed by atoms with van der Waals surface area (Å²) in [6.07, 6.45) is 2.98. The number of carbonyl (C=O) groups excluding carboxylic acids is 2. The van der Waals surface area contributed by atoms with Gasteiger partial charge in [-0.05, 0) is 6.42 Å². The molecule has 0 heterocycles. The molecule has 0 atom stereocenters. The van der Waals surface area contributed by atoms with Crippen molar-refractivity contribution in [3.05, 3.63) is 12.7 Å². The molecule has 4 heteroatoms. The van der Waals surface area contributed by atoms with Gasteiger partial charge in [-0.3, -0.25) is 9.59 Å². The van der Waals surface area contributed by atoms with E-state index in [4.69, 9.17) is 0 Å². The van der Waals surface area contributed by atoms with Crippen LogP contribution in [-0.4, -0.2) is 25.5 Å². The van der Waals surface area contributed by atoms with Gasteiger partial charge < -0.3 is 10.1 Å². The lowest BCUT2D eigenvalue weighted by Crippen LogP contribution is -2.25. The highest BCUT2D eigenvalue weighted by molar-refractivity contribution is 5.77. The van der Waals surface area contributed by atoms with Crippen LogP contribution in [0.2, 0.25) is 0 Å². The Morgan fingerprint density at radius 3 is 2.69 bits per heavy atom. The van der Waals surface area contributed by atoms with Crippen molar-refractivity contribution in [2.45, 2.75) is 19.3 Å². The molecule has 0 aliphatic carbocycles. The largest absolute Gasteiger partial charge is 0.469 e. The molecule has 0 aliphatic rings. The van der Waals surface area contributed by atoms with E-state index in [-0.39, 0.29) is 18.3 Å². The van der Waals surface area contributed by atoms with Gasteiger partial charge in [0.05, 0.1) is 13.5 Å². The molecule has 0 saturated carbocycles. The number of amides is 1. The summed E-state index contributed by atoms with van der Waals surface area (Å²) in [5.41, 5.74) is 0. The predicted molar refractivity (Wildman–Crippen MR) is 49.1 cm³/mol. The maximum absolute atomic E-state index is 11.0. The molecule has 0 rings (SSSR count). The van der Waals surface area contributed by atoms with Crippen molar-refractivity contribution in [1.29, 1.82) is 0 Å². The average Bonchev–Trinajstić information content (AvgIpc) is 2.14. The maximum Gasteiger partial charge on any atom is 0.307 e. The Morgan fingerprint density at radius 2 is 2.15 bits per heavy atom. The highest BCUT2D eigenvalue weighted by atomic mass is 16.5. The van der Waals surface area contributed by atoms with E-state index in [0.717, 1.165) is 0 Å². The van der Waals surface area contributed by atoms with Crippen LogP contribution in [0.25, 0.3) is 0 Å². The lowest BCUT2D eigenvalue weighted by atomic mass is 10.3. The molecule has 4 nitrogen and oxygen atoms in total. The molecule has 1 N–H and O–H groups in total. The van der Waals surface area contributed by atoms with Crippen molar-refractivity contribution >= 4 is 11.9 Å². The van der Waals surface area contributed by atoms with Gasteiger partial charge in [0, 0.05) is 13.0 Å². The van der Waals surface area contributed by atoms with Gasteiger partial charge in [0.25, 0.3) is 0 Å². The van der Waals surface area contributed by atoms with Gasteiger partial charge in [0.1, 0.15) is 0 Å². The summed E-state index contributed by atoms with van der Waals surface area (Å²) in [7, 11) is 1.32. The lowest BCUT2D eigenvalue weighted by molar-refractivity contribution is -0.140. The van der Waals surface area contributed by atoms with Crippen molar-refractivity contribution in [2.75, 3.05) is 13.7 Å². The molecule has 0 fully saturated rings. The van der Waals surface area contributed by atoms with Crippen LogP contribution < -0.4 is 5.32 Å². The molecule has 0 bridgehead atoms. The van der Waals surface area contributed by atoms with E-state index in [2.05, 4.69) is 16.6 Å². The molecule has 13 heavy (non-hydrogen) atoms. The van der Waals surface area contributed by atoms with Crippen LogP contribution in [0.3, 0.4) is 0 Å². The summed E-state index contributed by atoms with van der Waals surface area (Å²) >= 11 is 0. The maximum atomic E-state index is 11.0. The van der Waals surface area contributed by atoms with Crippen molar-refractivity contribution in [1.82, 2.24) is 5.32 Å². The van der Waals surface area contributed by atoms with Crippen LogP contribution in [0.4, 0.5) is 0 Å². The van der Waals surface area contributed by atoms with E-state index in [1.807, 2.05) is 0 Å². The summed E-state index contributed by atoms with van der Waals surface area (Å²) < 4.78 is 4.41. The third-order valence-corrected chi connectivity index (χ3v) is 1.45. The molecule has 0 saturated heterocycles. The zero-order valence-corrected chi connectivity index (χ0v) is 7.84. The Labute approximate surface area is 78.0 Å². The van der Waals surface area contributed by atoms with Crippen molar-refractivity contribution in [3.63, 3.8) is 0 Å². The first-order valence-corrected chi connectivity index (χ1v) is 4.15. The zero-order chi connectivity index (χ0) is 10.1. The smallest absolute Gasteiger partial charge is 0.307 e. The van der Waals surface area contributed by atoms with Gasteiger partial charge in [-0.2, -0.15) is 0 Å². The molecule has 0 spiro atoms. The predicted octanol–water partition coefficient (Wildman–Crippen LogP) is 0.632. The number of nitrogens with one attached hydrogen (secondary N) is 1. The molecular formula is C9H15NO3. The number of carbonyl (C=O) groups is 2. The number of methoxy groups -OCH3 is 1. The van der Waals surface area contributed by atoms with Crippen LogP contribution in [0.1, 0.15) is 19.3 Å². The molecular weight excluding hydrogens is 170 g/mol. The Kier molecular flexibility index (Phi) is 6.59. The number of rotatable bonds is 6. The second-order valence-corrected chi connectivity index (χ2v) is 2.50. The quantitative estimate of drug-likeness (QED) is 0.488. The van der Waals surface area contributed by atoms with Crippen LogP contribution in [0.15, 0.2) is 12.7 Å². The average molecular weight is 185 g/mol. The molecule has 0 aliphatic heterocycles. The van der Waals surface area contributed by atoms with Gasteiger partial charge in [-0.25, -0.2) is 0 Å². The Bertz CT molecular complexity index is 189. The van der Waals surface area contributed by atoms with E-state index in [9.17, 15) is 9.59 Å². The summed E-state index contributed by atoms with van der Waals surface area (Å²) in [5, 5.41) is 2.60. The minimum atomic E-state index is -0.316. The fraction of sp³-hybridized carbons (Fsp3) is 0.556. The Balaban J connectivity index is 3.36. The number of hydrogen-bond acceptors (Lipinski definition) is 3. The highest BCUT2D eigenvalue weighted by Crippen LogP contribution is 1.89. The van der Waals surface area contributed by atoms with Gasteiger partial charge in [-0.15, -0.1) is 6.58 Å².